The zero-order chi connectivity index (χ0) is 11.5. The maximum Gasteiger partial charge on any atom is 0.339 e. The molecule has 0 atom stereocenters. The molecule has 0 amide bonds. The first-order valence-electron chi connectivity index (χ1n) is 4.56. The number of carbonyl (C=O) groups is 1. The smallest absolute Gasteiger partial charge is 0.339 e. The molecule has 0 aliphatic heterocycles. The second-order valence-electron chi connectivity index (χ2n) is 3.07. The predicted octanol–water partition coefficient (Wildman–Crippen LogP) is 1.23. The minimum atomic E-state index is -0.430. The molecule has 2 rings (SSSR count). The van der Waals surface area contributed by atoms with Gasteiger partial charge in [0.2, 0.25) is 0 Å². The molecular formula is C10H9N3O3. The van der Waals surface area contributed by atoms with Gasteiger partial charge in [-0.2, -0.15) is 4.98 Å². The standard InChI is InChI=1S/C10H9N3O3/c1-6-12-9(16-13-6)8-4-3-7(5-11-8)10(14)15-2/h3-5H,1-2H3. The van der Waals surface area contributed by atoms with Crippen LogP contribution < -0.4 is 0 Å². The summed E-state index contributed by atoms with van der Waals surface area (Å²) >= 11 is 0. The molecule has 0 aromatic carbocycles. The van der Waals surface area contributed by atoms with Gasteiger partial charge in [-0.05, 0) is 19.1 Å². The Balaban J connectivity index is 2.29. The van der Waals surface area contributed by atoms with Crippen molar-refractivity contribution in [3.63, 3.8) is 0 Å². The summed E-state index contributed by atoms with van der Waals surface area (Å²) < 4.78 is 9.49. The number of rotatable bonds is 2. The first-order chi connectivity index (χ1) is 7.70. The monoisotopic (exact) mass is 219 g/mol. The summed E-state index contributed by atoms with van der Waals surface area (Å²) in [6.07, 6.45) is 1.40. The molecule has 0 bridgehead atoms. The first-order valence-corrected chi connectivity index (χ1v) is 4.56. The fourth-order valence-electron chi connectivity index (χ4n) is 1.16. The van der Waals surface area contributed by atoms with E-state index in [1.165, 1.54) is 13.3 Å². The van der Waals surface area contributed by atoms with E-state index < -0.39 is 5.97 Å². The van der Waals surface area contributed by atoms with E-state index in [9.17, 15) is 4.79 Å². The Bertz CT molecular complexity index is 504. The summed E-state index contributed by atoms with van der Waals surface area (Å²) in [6, 6.07) is 3.22. The van der Waals surface area contributed by atoms with Crippen LogP contribution in [0.1, 0.15) is 16.2 Å². The van der Waals surface area contributed by atoms with Crippen LogP contribution in [0.25, 0.3) is 11.6 Å². The Labute approximate surface area is 91.3 Å². The molecular weight excluding hydrogens is 210 g/mol. The van der Waals surface area contributed by atoms with Crippen molar-refractivity contribution in [2.75, 3.05) is 7.11 Å². The van der Waals surface area contributed by atoms with Crippen molar-refractivity contribution in [1.29, 1.82) is 0 Å². The number of ether oxygens (including phenoxy) is 1. The Kier molecular flexibility index (Phi) is 2.63. The number of esters is 1. The Morgan fingerprint density at radius 3 is 2.75 bits per heavy atom. The van der Waals surface area contributed by atoms with Gasteiger partial charge in [0.25, 0.3) is 5.89 Å². The molecule has 6 nitrogen and oxygen atoms in total. The van der Waals surface area contributed by atoms with Gasteiger partial charge in [-0.25, -0.2) is 4.79 Å². The summed E-state index contributed by atoms with van der Waals surface area (Å²) in [7, 11) is 1.32. The summed E-state index contributed by atoms with van der Waals surface area (Å²) in [6.45, 7) is 1.72. The van der Waals surface area contributed by atoms with Gasteiger partial charge in [0.1, 0.15) is 5.69 Å². The van der Waals surface area contributed by atoms with Crippen molar-refractivity contribution in [1.82, 2.24) is 15.1 Å². The molecule has 82 valence electrons. The predicted molar refractivity (Wildman–Crippen MR) is 53.6 cm³/mol. The molecule has 6 heteroatoms. The van der Waals surface area contributed by atoms with Gasteiger partial charge >= 0.3 is 5.97 Å². The molecule has 16 heavy (non-hydrogen) atoms. The third-order valence-electron chi connectivity index (χ3n) is 1.93. The lowest BCUT2D eigenvalue weighted by atomic mass is 10.2. The van der Waals surface area contributed by atoms with Gasteiger partial charge in [0.05, 0.1) is 12.7 Å². The number of hydrogen-bond donors (Lipinski definition) is 0. The van der Waals surface area contributed by atoms with Gasteiger partial charge < -0.3 is 9.26 Å². The zero-order valence-corrected chi connectivity index (χ0v) is 8.80. The molecule has 2 aromatic heterocycles. The fourth-order valence-corrected chi connectivity index (χ4v) is 1.16. The molecule has 0 aliphatic carbocycles. The average molecular weight is 219 g/mol. The number of carbonyl (C=O) groups excluding carboxylic acids is 1. The van der Waals surface area contributed by atoms with E-state index in [1.807, 2.05) is 0 Å². The Hall–Kier alpha value is -2.24. The summed E-state index contributed by atoms with van der Waals surface area (Å²) in [5.41, 5.74) is 0.899. The maximum atomic E-state index is 11.2. The molecule has 2 aromatic rings. The lowest BCUT2D eigenvalue weighted by molar-refractivity contribution is 0.0600. The van der Waals surface area contributed by atoms with Crippen LogP contribution in [0.15, 0.2) is 22.9 Å². The molecule has 0 radical (unpaired) electrons. The number of pyridine rings is 1. The lowest BCUT2D eigenvalue weighted by Gasteiger charge is -1.98. The second-order valence-corrected chi connectivity index (χ2v) is 3.07. The van der Waals surface area contributed by atoms with E-state index in [2.05, 4.69) is 19.9 Å². The van der Waals surface area contributed by atoms with Gasteiger partial charge in [0, 0.05) is 6.20 Å². The van der Waals surface area contributed by atoms with Gasteiger partial charge in [0.15, 0.2) is 5.82 Å². The lowest BCUT2D eigenvalue weighted by Crippen LogP contribution is -2.01. The number of nitrogens with zero attached hydrogens (tertiary/aromatic N) is 3. The van der Waals surface area contributed by atoms with E-state index in [0.717, 1.165) is 0 Å². The number of methoxy groups -OCH3 is 1. The van der Waals surface area contributed by atoms with Crippen LogP contribution >= 0.6 is 0 Å². The van der Waals surface area contributed by atoms with Gasteiger partial charge in [-0.15, -0.1) is 0 Å². The molecule has 0 saturated carbocycles. The topological polar surface area (TPSA) is 78.1 Å². The minimum absolute atomic E-state index is 0.328. The van der Waals surface area contributed by atoms with Crippen molar-refractivity contribution in [2.24, 2.45) is 0 Å². The summed E-state index contributed by atoms with van der Waals surface area (Å²) in [5.74, 6) is 0.434. The highest BCUT2D eigenvalue weighted by Gasteiger charge is 2.10. The van der Waals surface area contributed by atoms with Crippen LogP contribution in [0.4, 0.5) is 0 Å². The SMILES string of the molecule is COC(=O)c1ccc(-c2nc(C)no2)nc1. The second kappa shape index (κ2) is 4.09. The Morgan fingerprint density at radius 2 is 2.25 bits per heavy atom. The number of aryl methyl sites for hydroxylation is 1. The molecule has 0 aliphatic rings. The quantitative estimate of drug-likeness (QED) is 0.707. The van der Waals surface area contributed by atoms with E-state index >= 15 is 0 Å². The van der Waals surface area contributed by atoms with E-state index in [1.54, 1.807) is 19.1 Å². The molecule has 2 heterocycles. The van der Waals surface area contributed by atoms with Crippen LogP contribution in [0.2, 0.25) is 0 Å². The number of aromatic nitrogens is 3. The Morgan fingerprint density at radius 1 is 1.44 bits per heavy atom. The van der Waals surface area contributed by atoms with Crippen molar-refractivity contribution in [2.45, 2.75) is 6.92 Å². The van der Waals surface area contributed by atoms with E-state index in [0.29, 0.717) is 23.0 Å². The normalized spacial score (nSPS) is 10.1. The highest BCUT2D eigenvalue weighted by atomic mass is 16.5. The molecule has 0 N–H and O–H groups in total. The average Bonchev–Trinajstić information content (AvgIpc) is 2.75. The van der Waals surface area contributed by atoms with Crippen molar-refractivity contribution in [3.05, 3.63) is 29.7 Å². The van der Waals surface area contributed by atoms with Crippen molar-refractivity contribution >= 4 is 5.97 Å². The van der Waals surface area contributed by atoms with E-state index in [-0.39, 0.29) is 0 Å². The highest BCUT2D eigenvalue weighted by Crippen LogP contribution is 2.14. The van der Waals surface area contributed by atoms with Crippen LogP contribution in [0.5, 0.6) is 0 Å². The van der Waals surface area contributed by atoms with Crippen LogP contribution in [0, 0.1) is 6.92 Å². The molecule has 0 fully saturated rings. The first kappa shape index (κ1) is 10.3. The van der Waals surface area contributed by atoms with E-state index in [4.69, 9.17) is 4.52 Å². The highest BCUT2D eigenvalue weighted by molar-refractivity contribution is 5.89. The van der Waals surface area contributed by atoms with Crippen LogP contribution in [0.3, 0.4) is 0 Å². The summed E-state index contributed by atoms with van der Waals surface area (Å²) in [4.78, 5) is 19.2. The van der Waals surface area contributed by atoms with Gasteiger partial charge in [-0.1, -0.05) is 5.16 Å². The summed E-state index contributed by atoms with van der Waals surface area (Å²) in [5, 5.41) is 3.65. The van der Waals surface area contributed by atoms with Crippen molar-refractivity contribution < 1.29 is 14.1 Å². The largest absolute Gasteiger partial charge is 0.465 e. The van der Waals surface area contributed by atoms with Crippen LogP contribution in [-0.4, -0.2) is 28.2 Å². The van der Waals surface area contributed by atoms with Crippen LogP contribution in [-0.2, 0) is 4.74 Å². The minimum Gasteiger partial charge on any atom is -0.465 e. The zero-order valence-electron chi connectivity index (χ0n) is 8.80. The molecule has 0 saturated heterocycles. The van der Waals surface area contributed by atoms with Gasteiger partial charge in [-0.3, -0.25) is 4.98 Å². The third-order valence-corrected chi connectivity index (χ3v) is 1.93. The van der Waals surface area contributed by atoms with Crippen molar-refractivity contribution in [3.8, 4) is 11.6 Å². The fraction of sp³-hybridized carbons (Fsp3) is 0.200. The number of hydrogen-bond acceptors (Lipinski definition) is 6. The molecule has 0 unspecified atom stereocenters. The third kappa shape index (κ3) is 1.90. The molecule has 0 spiro atoms. The maximum absolute atomic E-state index is 11.2.